The zero-order chi connectivity index (χ0) is 13.7. The molecule has 1 aliphatic rings. The van der Waals surface area contributed by atoms with Gasteiger partial charge in [0.15, 0.2) is 11.5 Å². The summed E-state index contributed by atoms with van der Waals surface area (Å²) in [6.07, 6.45) is 0.212. The molecule has 0 fully saturated rings. The van der Waals surface area contributed by atoms with Gasteiger partial charge in [0.1, 0.15) is 0 Å². The van der Waals surface area contributed by atoms with Crippen LogP contribution in [0.5, 0.6) is 11.5 Å². The first-order valence-electron chi connectivity index (χ1n) is 6.16. The minimum atomic E-state index is -0.433. The molecule has 5 nitrogen and oxygen atoms in total. The van der Waals surface area contributed by atoms with Gasteiger partial charge >= 0.3 is 0 Å². The van der Waals surface area contributed by atoms with Crippen LogP contribution in [0.25, 0.3) is 0 Å². The van der Waals surface area contributed by atoms with Crippen LogP contribution in [0.4, 0.5) is 0 Å². The molecule has 6 heteroatoms. The van der Waals surface area contributed by atoms with Gasteiger partial charge in [0.05, 0.1) is 17.7 Å². The molecule has 19 heavy (non-hydrogen) atoms. The second kappa shape index (κ2) is 6.96. The molecule has 0 saturated heterocycles. The number of fused-ring (bicyclic) bond motifs is 1. The highest BCUT2D eigenvalue weighted by Crippen LogP contribution is 2.39. The molecule has 2 rings (SSSR count). The van der Waals surface area contributed by atoms with Crippen molar-refractivity contribution >= 4 is 11.6 Å². The average Bonchev–Trinajstić information content (AvgIpc) is 2.84. The van der Waals surface area contributed by atoms with E-state index in [0.29, 0.717) is 42.6 Å². The van der Waals surface area contributed by atoms with E-state index in [9.17, 15) is 5.11 Å². The number of halogens is 1. The number of benzene rings is 1. The van der Waals surface area contributed by atoms with Crippen molar-refractivity contribution in [3.63, 3.8) is 0 Å². The van der Waals surface area contributed by atoms with Crippen LogP contribution in [0.15, 0.2) is 12.1 Å². The SMILES string of the molecule is COCC(O)CCNCc1cc(Cl)c2c(c1)OCO2. The van der Waals surface area contributed by atoms with Crippen LogP contribution in [0, 0.1) is 0 Å². The average molecular weight is 288 g/mol. The number of aliphatic hydroxyl groups excluding tert-OH is 1. The molecule has 1 aliphatic heterocycles. The Hall–Kier alpha value is -1.01. The van der Waals surface area contributed by atoms with E-state index in [1.54, 1.807) is 7.11 Å². The van der Waals surface area contributed by atoms with E-state index in [1.807, 2.05) is 12.1 Å². The third-order valence-corrected chi connectivity index (χ3v) is 3.11. The van der Waals surface area contributed by atoms with Crippen molar-refractivity contribution in [2.24, 2.45) is 0 Å². The molecule has 1 aromatic rings. The van der Waals surface area contributed by atoms with Crippen molar-refractivity contribution in [2.75, 3.05) is 27.1 Å². The Morgan fingerprint density at radius 3 is 3.11 bits per heavy atom. The van der Waals surface area contributed by atoms with Gasteiger partial charge in [-0.15, -0.1) is 0 Å². The zero-order valence-corrected chi connectivity index (χ0v) is 11.6. The Bertz CT molecular complexity index is 427. The van der Waals surface area contributed by atoms with Gasteiger partial charge < -0.3 is 24.6 Å². The van der Waals surface area contributed by atoms with Gasteiger partial charge in [-0.1, -0.05) is 11.6 Å². The van der Waals surface area contributed by atoms with Crippen LogP contribution >= 0.6 is 11.6 Å². The molecule has 0 radical (unpaired) electrons. The van der Waals surface area contributed by atoms with E-state index >= 15 is 0 Å². The van der Waals surface area contributed by atoms with Gasteiger partial charge in [-0.05, 0) is 30.7 Å². The van der Waals surface area contributed by atoms with Crippen molar-refractivity contribution in [1.29, 1.82) is 0 Å². The highest BCUT2D eigenvalue weighted by atomic mass is 35.5. The van der Waals surface area contributed by atoms with Crippen LogP contribution in [0.2, 0.25) is 5.02 Å². The maximum Gasteiger partial charge on any atom is 0.231 e. The summed E-state index contributed by atoms with van der Waals surface area (Å²) < 4.78 is 15.4. The van der Waals surface area contributed by atoms with E-state index in [4.69, 9.17) is 25.8 Å². The summed E-state index contributed by atoms with van der Waals surface area (Å²) in [6, 6.07) is 3.76. The van der Waals surface area contributed by atoms with E-state index in [0.717, 1.165) is 5.56 Å². The molecule has 0 bridgehead atoms. The fraction of sp³-hybridized carbons (Fsp3) is 0.538. The number of nitrogens with one attached hydrogen (secondary N) is 1. The third kappa shape index (κ3) is 3.98. The smallest absolute Gasteiger partial charge is 0.231 e. The monoisotopic (exact) mass is 287 g/mol. The minimum Gasteiger partial charge on any atom is -0.454 e. The zero-order valence-electron chi connectivity index (χ0n) is 10.8. The molecule has 0 amide bonds. The minimum absolute atomic E-state index is 0.217. The molecular weight excluding hydrogens is 270 g/mol. The number of rotatable bonds is 7. The lowest BCUT2D eigenvalue weighted by Gasteiger charge is -2.10. The van der Waals surface area contributed by atoms with Gasteiger partial charge in [-0.3, -0.25) is 0 Å². The fourth-order valence-corrected chi connectivity index (χ4v) is 2.19. The molecular formula is C13H18ClNO4. The topological polar surface area (TPSA) is 60.0 Å². The van der Waals surface area contributed by atoms with Crippen molar-refractivity contribution in [1.82, 2.24) is 5.32 Å². The third-order valence-electron chi connectivity index (χ3n) is 2.83. The molecule has 0 saturated carbocycles. The van der Waals surface area contributed by atoms with Crippen LogP contribution in [-0.4, -0.2) is 38.3 Å². The maximum atomic E-state index is 9.49. The summed E-state index contributed by atoms with van der Waals surface area (Å²) in [5.74, 6) is 1.30. The van der Waals surface area contributed by atoms with E-state index in [2.05, 4.69) is 5.32 Å². The summed E-state index contributed by atoms with van der Waals surface area (Å²) in [6.45, 7) is 1.94. The second-order valence-corrected chi connectivity index (χ2v) is 4.79. The first kappa shape index (κ1) is 14.4. The van der Waals surface area contributed by atoms with Gasteiger partial charge in [-0.25, -0.2) is 0 Å². The standard InChI is InChI=1S/C13H18ClNO4/c1-17-7-10(16)2-3-15-6-9-4-11(14)13-12(5-9)18-8-19-13/h4-5,10,15-16H,2-3,6-8H2,1H3. The molecule has 1 atom stereocenters. The second-order valence-electron chi connectivity index (χ2n) is 4.39. The van der Waals surface area contributed by atoms with Crippen molar-refractivity contribution in [2.45, 2.75) is 19.1 Å². The Balaban J connectivity index is 1.79. The molecule has 0 aromatic heterocycles. The Kier molecular flexibility index (Phi) is 5.27. The van der Waals surface area contributed by atoms with Gasteiger partial charge in [0.25, 0.3) is 0 Å². The Morgan fingerprint density at radius 2 is 2.32 bits per heavy atom. The summed E-state index contributed by atoms with van der Waals surface area (Å²) in [5, 5.41) is 13.3. The Morgan fingerprint density at radius 1 is 1.47 bits per heavy atom. The van der Waals surface area contributed by atoms with E-state index in [1.165, 1.54) is 0 Å². The number of ether oxygens (including phenoxy) is 3. The lowest BCUT2D eigenvalue weighted by molar-refractivity contribution is 0.0594. The van der Waals surface area contributed by atoms with Gasteiger partial charge in [-0.2, -0.15) is 0 Å². The molecule has 0 aliphatic carbocycles. The largest absolute Gasteiger partial charge is 0.454 e. The highest BCUT2D eigenvalue weighted by molar-refractivity contribution is 6.32. The predicted octanol–water partition coefficient (Wildman–Crippen LogP) is 1.56. The molecule has 2 N–H and O–H groups in total. The quantitative estimate of drug-likeness (QED) is 0.745. The lowest BCUT2D eigenvalue weighted by atomic mass is 10.2. The normalized spacial score (nSPS) is 14.7. The van der Waals surface area contributed by atoms with Crippen molar-refractivity contribution in [3.05, 3.63) is 22.7 Å². The van der Waals surface area contributed by atoms with E-state index < -0.39 is 6.10 Å². The van der Waals surface area contributed by atoms with E-state index in [-0.39, 0.29) is 6.79 Å². The first-order valence-corrected chi connectivity index (χ1v) is 6.54. The highest BCUT2D eigenvalue weighted by Gasteiger charge is 2.18. The van der Waals surface area contributed by atoms with Crippen LogP contribution in [-0.2, 0) is 11.3 Å². The van der Waals surface area contributed by atoms with Crippen LogP contribution < -0.4 is 14.8 Å². The van der Waals surface area contributed by atoms with Gasteiger partial charge in [0, 0.05) is 13.7 Å². The molecule has 0 spiro atoms. The molecule has 1 heterocycles. The first-order chi connectivity index (χ1) is 9.20. The van der Waals surface area contributed by atoms with Crippen LogP contribution in [0.1, 0.15) is 12.0 Å². The number of hydrogen-bond acceptors (Lipinski definition) is 5. The van der Waals surface area contributed by atoms with Crippen molar-refractivity contribution < 1.29 is 19.3 Å². The lowest BCUT2D eigenvalue weighted by Crippen LogP contribution is -2.23. The number of hydrogen-bond donors (Lipinski definition) is 2. The summed E-state index contributed by atoms with van der Waals surface area (Å²) in [4.78, 5) is 0. The number of aliphatic hydroxyl groups is 1. The molecule has 1 unspecified atom stereocenters. The molecule has 1 aromatic carbocycles. The Labute approximate surface area is 117 Å². The predicted molar refractivity (Wildman–Crippen MR) is 71.8 cm³/mol. The van der Waals surface area contributed by atoms with Crippen molar-refractivity contribution in [3.8, 4) is 11.5 Å². The summed E-state index contributed by atoms with van der Waals surface area (Å²) >= 11 is 6.09. The fourth-order valence-electron chi connectivity index (χ4n) is 1.90. The van der Waals surface area contributed by atoms with Gasteiger partial charge in [0.2, 0.25) is 6.79 Å². The van der Waals surface area contributed by atoms with Crippen LogP contribution in [0.3, 0.4) is 0 Å². The summed E-state index contributed by atoms with van der Waals surface area (Å²) in [5.41, 5.74) is 1.02. The summed E-state index contributed by atoms with van der Waals surface area (Å²) in [7, 11) is 1.57. The number of methoxy groups -OCH3 is 1. The molecule has 106 valence electrons. The maximum absolute atomic E-state index is 9.49.